The van der Waals surface area contributed by atoms with Crippen LogP contribution in [-0.2, 0) is 14.3 Å². The van der Waals surface area contributed by atoms with Gasteiger partial charge in [0.05, 0.1) is 13.7 Å². The van der Waals surface area contributed by atoms with Crippen molar-refractivity contribution in [3.63, 3.8) is 0 Å². The highest BCUT2D eigenvalue weighted by Crippen LogP contribution is 2.20. The smallest absolute Gasteiger partial charge is 0.341 e. The molecule has 0 aromatic heterocycles. The van der Waals surface area contributed by atoms with Gasteiger partial charge in [0.15, 0.2) is 0 Å². The quantitative estimate of drug-likeness (QED) is 0.651. The summed E-state index contributed by atoms with van der Waals surface area (Å²) in [6.45, 7) is 2.01. The van der Waals surface area contributed by atoms with E-state index in [2.05, 4.69) is 4.74 Å². The standard InChI is InChI=1S/C13H14O5/c1-3-18-12(15)7-5-9-4-6-11(14)10(8-9)13(16)17-2/h4-8,14H,3H2,1-2H3/b7-5+. The summed E-state index contributed by atoms with van der Waals surface area (Å²) in [6.07, 6.45) is 2.74. The van der Waals surface area contributed by atoms with Crippen LogP contribution in [-0.4, -0.2) is 30.8 Å². The van der Waals surface area contributed by atoms with Gasteiger partial charge in [-0.25, -0.2) is 9.59 Å². The Morgan fingerprint density at radius 1 is 1.39 bits per heavy atom. The van der Waals surface area contributed by atoms with E-state index in [-0.39, 0.29) is 11.3 Å². The van der Waals surface area contributed by atoms with Gasteiger partial charge in [-0.1, -0.05) is 6.07 Å². The Kier molecular flexibility index (Phi) is 4.92. The largest absolute Gasteiger partial charge is 0.507 e. The monoisotopic (exact) mass is 250 g/mol. The van der Waals surface area contributed by atoms with Gasteiger partial charge in [0.2, 0.25) is 0 Å². The molecule has 1 aromatic carbocycles. The first kappa shape index (κ1) is 13.8. The van der Waals surface area contributed by atoms with Gasteiger partial charge in [0, 0.05) is 6.08 Å². The van der Waals surface area contributed by atoms with E-state index in [4.69, 9.17) is 4.74 Å². The number of hydrogen-bond donors (Lipinski definition) is 1. The average Bonchev–Trinajstić information content (AvgIpc) is 2.37. The second-order valence-corrected chi connectivity index (χ2v) is 3.35. The molecule has 1 aromatic rings. The van der Waals surface area contributed by atoms with Gasteiger partial charge < -0.3 is 14.6 Å². The zero-order valence-corrected chi connectivity index (χ0v) is 10.2. The van der Waals surface area contributed by atoms with E-state index in [0.717, 1.165) is 0 Å². The zero-order valence-electron chi connectivity index (χ0n) is 10.2. The SMILES string of the molecule is CCOC(=O)/C=C/c1ccc(O)c(C(=O)OC)c1. The summed E-state index contributed by atoms with van der Waals surface area (Å²) in [5.74, 6) is -1.28. The number of rotatable bonds is 4. The van der Waals surface area contributed by atoms with Crippen LogP contribution >= 0.6 is 0 Å². The Morgan fingerprint density at radius 2 is 2.11 bits per heavy atom. The molecule has 0 spiro atoms. The van der Waals surface area contributed by atoms with E-state index in [1.165, 1.54) is 31.4 Å². The van der Waals surface area contributed by atoms with Crippen molar-refractivity contribution in [2.75, 3.05) is 13.7 Å². The molecule has 0 heterocycles. The highest BCUT2D eigenvalue weighted by Gasteiger charge is 2.11. The Bertz CT molecular complexity index is 476. The molecular formula is C13H14O5. The average molecular weight is 250 g/mol. The molecule has 0 atom stereocenters. The first-order chi connectivity index (χ1) is 8.58. The second kappa shape index (κ2) is 6.44. The summed E-state index contributed by atoms with van der Waals surface area (Å²) in [6, 6.07) is 4.35. The van der Waals surface area contributed by atoms with Crippen LogP contribution in [0.4, 0.5) is 0 Å². The van der Waals surface area contributed by atoms with Crippen LogP contribution in [0.2, 0.25) is 0 Å². The van der Waals surface area contributed by atoms with Crippen molar-refractivity contribution in [1.82, 2.24) is 0 Å². The van der Waals surface area contributed by atoms with E-state index in [1.54, 1.807) is 13.0 Å². The van der Waals surface area contributed by atoms with Crippen molar-refractivity contribution >= 4 is 18.0 Å². The second-order valence-electron chi connectivity index (χ2n) is 3.35. The van der Waals surface area contributed by atoms with Crippen LogP contribution in [0.25, 0.3) is 6.08 Å². The molecule has 0 saturated carbocycles. The summed E-state index contributed by atoms with van der Waals surface area (Å²) in [5, 5.41) is 9.48. The molecular weight excluding hydrogens is 236 g/mol. The Balaban J connectivity index is 2.92. The number of carbonyl (C=O) groups is 2. The molecule has 0 saturated heterocycles. The lowest BCUT2D eigenvalue weighted by atomic mass is 10.1. The van der Waals surface area contributed by atoms with Crippen LogP contribution in [0.1, 0.15) is 22.8 Å². The number of carbonyl (C=O) groups excluding carboxylic acids is 2. The van der Waals surface area contributed by atoms with E-state index in [0.29, 0.717) is 12.2 Å². The number of phenolic OH excluding ortho intramolecular Hbond substituents is 1. The maximum absolute atomic E-state index is 11.3. The zero-order chi connectivity index (χ0) is 13.5. The van der Waals surface area contributed by atoms with Gasteiger partial charge in [-0.15, -0.1) is 0 Å². The number of hydrogen-bond acceptors (Lipinski definition) is 5. The molecule has 96 valence electrons. The highest BCUT2D eigenvalue weighted by molar-refractivity contribution is 5.93. The molecule has 0 aliphatic carbocycles. The Labute approximate surface area is 105 Å². The van der Waals surface area contributed by atoms with Crippen LogP contribution in [0.15, 0.2) is 24.3 Å². The summed E-state index contributed by atoms with van der Waals surface area (Å²) < 4.78 is 9.24. The van der Waals surface area contributed by atoms with Crippen molar-refractivity contribution in [3.05, 3.63) is 35.4 Å². The molecule has 0 fully saturated rings. The maximum Gasteiger partial charge on any atom is 0.341 e. The van der Waals surface area contributed by atoms with Crippen LogP contribution in [0.3, 0.4) is 0 Å². The number of esters is 2. The summed E-state index contributed by atoms with van der Waals surface area (Å²) in [4.78, 5) is 22.4. The lowest BCUT2D eigenvalue weighted by Crippen LogP contribution is -2.02. The molecule has 0 amide bonds. The van der Waals surface area contributed by atoms with E-state index < -0.39 is 11.9 Å². The van der Waals surface area contributed by atoms with E-state index in [9.17, 15) is 14.7 Å². The van der Waals surface area contributed by atoms with Crippen molar-refractivity contribution in [2.45, 2.75) is 6.92 Å². The predicted octanol–water partition coefficient (Wildman–Crippen LogP) is 1.76. The molecule has 5 nitrogen and oxygen atoms in total. The molecule has 0 bridgehead atoms. The third-order valence-corrected chi connectivity index (χ3v) is 2.12. The molecule has 0 aliphatic heterocycles. The topological polar surface area (TPSA) is 72.8 Å². The third-order valence-electron chi connectivity index (χ3n) is 2.12. The van der Waals surface area contributed by atoms with Gasteiger partial charge >= 0.3 is 11.9 Å². The number of benzene rings is 1. The van der Waals surface area contributed by atoms with Crippen LogP contribution in [0, 0.1) is 0 Å². The number of methoxy groups -OCH3 is 1. The van der Waals surface area contributed by atoms with E-state index >= 15 is 0 Å². The van der Waals surface area contributed by atoms with Crippen LogP contribution < -0.4 is 0 Å². The minimum atomic E-state index is -0.640. The van der Waals surface area contributed by atoms with Crippen molar-refractivity contribution in [3.8, 4) is 5.75 Å². The fraction of sp³-hybridized carbons (Fsp3) is 0.231. The fourth-order valence-corrected chi connectivity index (χ4v) is 1.29. The minimum Gasteiger partial charge on any atom is -0.507 e. The van der Waals surface area contributed by atoms with Gasteiger partial charge in [-0.2, -0.15) is 0 Å². The van der Waals surface area contributed by atoms with Gasteiger partial charge in [-0.3, -0.25) is 0 Å². The molecule has 0 aliphatic rings. The Morgan fingerprint density at radius 3 is 2.72 bits per heavy atom. The third kappa shape index (κ3) is 3.62. The summed E-state index contributed by atoms with van der Waals surface area (Å²) >= 11 is 0. The lowest BCUT2D eigenvalue weighted by molar-refractivity contribution is -0.137. The normalized spacial score (nSPS) is 10.3. The first-order valence-corrected chi connectivity index (χ1v) is 5.34. The lowest BCUT2D eigenvalue weighted by Gasteiger charge is -2.03. The van der Waals surface area contributed by atoms with Crippen molar-refractivity contribution in [1.29, 1.82) is 0 Å². The molecule has 0 unspecified atom stereocenters. The van der Waals surface area contributed by atoms with Crippen molar-refractivity contribution in [2.24, 2.45) is 0 Å². The van der Waals surface area contributed by atoms with Crippen LogP contribution in [0.5, 0.6) is 5.75 Å². The molecule has 1 rings (SSSR count). The molecule has 1 N–H and O–H groups in total. The maximum atomic E-state index is 11.3. The predicted molar refractivity (Wildman–Crippen MR) is 65.1 cm³/mol. The summed E-state index contributed by atoms with van der Waals surface area (Å²) in [5.41, 5.74) is 0.629. The summed E-state index contributed by atoms with van der Waals surface area (Å²) in [7, 11) is 1.23. The number of phenols is 1. The van der Waals surface area contributed by atoms with Gasteiger partial charge in [0.1, 0.15) is 11.3 Å². The van der Waals surface area contributed by atoms with Crippen molar-refractivity contribution < 1.29 is 24.2 Å². The first-order valence-electron chi connectivity index (χ1n) is 5.34. The molecule has 0 radical (unpaired) electrons. The number of ether oxygens (including phenoxy) is 2. The van der Waals surface area contributed by atoms with Gasteiger partial charge in [-0.05, 0) is 30.7 Å². The van der Waals surface area contributed by atoms with E-state index in [1.807, 2.05) is 0 Å². The molecule has 18 heavy (non-hydrogen) atoms. The number of aromatic hydroxyl groups is 1. The molecule has 5 heteroatoms. The van der Waals surface area contributed by atoms with Gasteiger partial charge in [0.25, 0.3) is 0 Å². The fourth-order valence-electron chi connectivity index (χ4n) is 1.29. The highest BCUT2D eigenvalue weighted by atomic mass is 16.5. The Hall–Kier alpha value is -2.30. The minimum absolute atomic E-state index is 0.0449.